The molecule has 1 N–H and O–H groups in total. The molecule has 0 radical (unpaired) electrons. The lowest BCUT2D eigenvalue weighted by molar-refractivity contribution is -0.0515. The minimum atomic E-state index is -3.00. The Hall–Kier alpha value is -3.62. The quantitative estimate of drug-likeness (QED) is 0.406. The third-order valence-electron chi connectivity index (χ3n) is 4.60. The van der Waals surface area contributed by atoms with E-state index in [9.17, 15) is 13.6 Å². The van der Waals surface area contributed by atoms with Gasteiger partial charge >= 0.3 is 12.7 Å². The first-order valence-corrected chi connectivity index (χ1v) is 10.7. The molecule has 1 heterocycles. The molecule has 0 bridgehead atoms. The summed E-state index contributed by atoms with van der Waals surface area (Å²) in [7, 11) is 0. The second-order valence-corrected chi connectivity index (χ2v) is 8.65. The lowest BCUT2D eigenvalue weighted by Gasteiger charge is -2.21. The molecule has 0 aliphatic heterocycles. The van der Waals surface area contributed by atoms with E-state index in [2.05, 4.69) is 15.0 Å². The van der Waals surface area contributed by atoms with Gasteiger partial charge in [0.1, 0.15) is 18.0 Å². The topological polar surface area (TPSA) is 82.8 Å². The molecule has 7 nitrogen and oxygen atoms in total. The number of aryl methyl sites for hydroxylation is 1. The Morgan fingerprint density at radius 1 is 1.12 bits per heavy atom. The molecule has 0 saturated heterocycles. The third kappa shape index (κ3) is 6.94. The summed E-state index contributed by atoms with van der Waals surface area (Å²) >= 11 is 0. The van der Waals surface area contributed by atoms with Crippen molar-refractivity contribution < 1.29 is 32.2 Å². The number of rotatable bonds is 8. The minimum absolute atomic E-state index is 0.0989. The highest BCUT2D eigenvalue weighted by molar-refractivity contribution is 5.68. The van der Waals surface area contributed by atoms with E-state index in [0.717, 1.165) is 5.56 Å². The van der Waals surface area contributed by atoms with Gasteiger partial charge in [0.25, 0.3) is 0 Å². The van der Waals surface area contributed by atoms with Crippen LogP contribution >= 0.6 is 0 Å². The highest BCUT2D eigenvalue weighted by Crippen LogP contribution is 2.35. The second kappa shape index (κ2) is 10.5. The summed E-state index contributed by atoms with van der Waals surface area (Å²) in [6, 6.07) is 13.3. The van der Waals surface area contributed by atoms with E-state index in [0.29, 0.717) is 17.0 Å². The van der Waals surface area contributed by atoms with Gasteiger partial charge in [-0.15, -0.1) is 0 Å². The smallest absolute Gasteiger partial charge is 0.408 e. The number of halogens is 2. The van der Waals surface area contributed by atoms with Gasteiger partial charge in [0.15, 0.2) is 11.5 Å². The van der Waals surface area contributed by atoms with Gasteiger partial charge in [-0.25, -0.2) is 9.78 Å². The Labute approximate surface area is 197 Å². The first-order valence-electron chi connectivity index (χ1n) is 10.7. The van der Waals surface area contributed by atoms with Crippen LogP contribution in [0.4, 0.5) is 13.6 Å². The molecule has 2 aromatic carbocycles. The predicted octanol–water partition coefficient (Wildman–Crippen LogP) is 6.42. The number of benzene rings is 2. The van der Waals surface area contributed by atoms with Crippen molar-refractivity contribution in [1.29, 1.82) is 0 Å². The van der Waals surface area contributed by atoms with Crippen molar-refractivity contribution in [2.45, 2.75) is 59.5 Å². The zero-order valence-electron chi connectivity index (χ0n) is 19.7. The van der Waals surface area contributed by atoms with E-state index in [1.165, 1.54) is 12.1 Å². The highest BCUT2D eigenvalue weighted by atomic mass is 19.3. The number of amides is 1. The number of ether oxygens (including phenoxy) is 3. The van der Waals surface area contributed by atoms with Crippen LogP contribution in [0, 0.1) is 6.92 Å². The maximum Gasteiger partial charge on any atom is 0.408 e. The molecule has 1 aromatic heterocycles. The molecular formula is C25H28F2N2O5. The van der Waals surface area contributed by atoms with Crippen LogP contribution in [0.1, 0.15) is 50.8 Å². The number of carbonyl (C=O) groups excluding carboxylic acids is 1. The van der Waals surface area contributed by atoms with Gasteiger partial charge in [-0.2, -0.15) is 8.78 Å². The van der Waals surface area contributed by atoms with Crippen LogP contribution in [0.5, 0.6) is 11.5 Å². The fourth-order valence-corrected chi connectivity index (χ4v) is 3.17. The molecule has 3 rings (SSSR count). The number of aromatic nitrogens is 1. The number of nitrogens with zero attached hydrogens (tertiary/aromatic N) is 1. The molecule has 0 saturated carbocycles. The van der Waals surface area contributed by atoms with Gasteiger partial charge in [0.2, 0.25) is 5.89 Å². The van der Waals surface area contributed by atoms with Crippen molar-refractivity contribution in [3.63, 3.8) is 0 Å². The van der Waals surface area contributed by atoms with Crippen LogP contribution in [0.15, 0.2) is 52.9 Å². The molecular weight excluding hydrogens is 446 g/mol. The molecule has 0 aliphatic carbocycles. The number of oxazole rings is 1. The number of hydrogen-bond acceptors (Lipinski definition) is 6. The van der Waals surface area contributed by atoms with Crippen LogP contribution in [-0.2, 0) is 11.3 Å². The van der Waals surface area contributed by atoms with Crippen molar-refractivity contribution in [2.75, 3.05) is 0 Å². The minimum Gasteiger partial charge on any atom is -0.485 e. The summed E-state index contributed by atoms with van der Waals surface area (Å²) < 4.78 is 47.3. The maximum atomic E-state index is 12.9. The van der Waals surface area contributed by atoms with E-state index in [-0.39, 0.29) is 24.0 Å². The van der Waals surface area contributed by atoms with Crippen molar-refractivity contribution in [1.82, 2.24) is 10.3 Å². The van der Waals surface area contributed by atoms with Gasteiger partial charge in [-0.1, -0.05) is 30.3 Å². The average Bonchev–Trinajstić information content (AvgIpc) is 3.13. The van der Waals surface area contributed by atoms with Crippen LogP contribution in [-0.4, -0.2) is 23.3 Å². The van der Waals surface area contributed by atoms with E-state index in [1.54, 1.807) is 40.7 Å². The summed E-state index contributed by atoms with van der Waals surface area (Å²) in [5.41, 5.74) is 1.30. The fraction of sp³-hybridized carbons (Fsp3) is 0.360. The fourth-order valence-electron chi connectivity index (χ4n) is 3.17. The number of hydrogen-bond donors (Lipinski definition) is 1. The molecule has 0 fully saturated rings. The molecule has 1 amide bonds. The lowest BCUT2D eigenvalue weighted by Crippen LogP contribution is -2.34. The maximum absolute atomic E-state index is 12.9. The number of carbonyl (C=O) groups is 1. The molecule has 3 aromatic rings. The zero-order valence-corrected chi connectivity index (χ0v) is 19.7. The molecule has 0 aliphatic rings. The van der Waals surface area contributed by atoms with Crippen molar-refractivity contribution >= 4 is 6.09 Å². The van der Waals surface area contributed by atoms with Gasteiger partial charge in [0.05, 0.1) is 11.7 Å². The monoisotopic (exact) mass is 474 g/mol. The average molecular weight is 475 g/mol. The van der Waals surface area contributed by atoms with Gasteiger partial charge in [-0.3, -0.25) is 0 Å². The van der Waals surface area contributed by atoms with Crippen LogP contribution < -0.4 is 14.8 Å². The summed E-state index contributed by atoms with van der Waals surface area (Å²) in [6.45, 7) is 5.97. The third-order valence-corrected chi connectivity index (χ3v) is 4.60. The SMILES string of the molecule is Cc1nc(-c2ccc(OC(F)F)c(OCc3ccccc3)c2)oc1[C@H](C)NC(=O)OC(C)(C)C. The largest absolute Gasteiger partial charge is 0.485 e. The van der Waals surface area contributed by atoms with Crippen LogP contribution in [0.2, 0.25) is 0 Å². The van der Waals surface area contributed by atoms with Gasteiger partial charge < -0.3 is 23.9 Å². The summed E-state index contributed by atoms with van der Waals surface area (Å²) in [5, 5.41) is 2.72. The molecule has 9 heteroatoms. The molecule has 0 unspecified atom stereocenters. The Morgan fingerprint density at radius 2 is 1.82 bits per heavy atom. The Morgan fingerprint density at radius 3 is 2.47 bits per heavy atom. The van der Waals surface area contributed by atoms with Crippen LogP contribution in [0.3, 0.4) is 0 Å². The first kappa shape index (κ1) is 25.0. The van der Waals surface area contributed by atoms with Crippen molar-refractivity contribution in [2.24, 2.45) is 0 Å². The summed E-state index contributed by atoms with van der Waals surface area (Å²) in [4.78, 5) is 16.5. The molecule has 182 valence electrons. The van der Waals surface area contributed by atoms with E-state index < -0.39 is 24.3 Å². The van der Waals surface area contributed by atoms with E-state index in [1.807, 2.05) is 30.3 Å². The molecule has 1 atom stereocenters. The van der Waals surface area contributed by atoms with Crippen LogP contribution in [0.25, 0.3) is 11.5 Å². The van der Waals surface area contributed by atoms with E-state index in [4.69, 9.17) is 13.9 Å². The van der Waals surface area contributed by atoms with Gasteiger partial charge in [-0.05, 0) is 58.4 Å². The Balaban J connectivity index is 1.82. The van der Waals surface area contributed by atoms with Crippen molar-refractivity contribution in [3.05, 3.63) is 65.5 Å². The number of alkyl carbamates (subject to hydrolysis) is 1. The predicted molar refractivity (Wildman–Crippen MR) is 122 cm³/mol. The first-order chi connectivity index (χ1) is 16.0. The van der Waals surface area contributed by atoms with Crippen molar-refractivity contribution in [3.8, 4) is 23.0 Å². The summed E-state index contributed by atoms with van der Waals surface area (Å²) in [5.74, 6) is 0.719. The number of nitrogens with one attached hydrogen (secondary N) is 1. The summed E-state index contributed by atoms with van der Waals surface area (Å²) in [6.07, 6.45) is -0.581. The van der Waals surface area contributed by atoms with Gasteiger partial charge in [0, 0.05) is 5.56 Å². The second-order valence-electron chi connectivity index (χ2n) is 8.65. The Bertz CT molecular complexity index is 1110. The Kier molecular flexibility index (Phi) is 7.75. The lowest BCUT2D eigenvalue weighted by atomic mass is 10.2. The zero-order chi connectivity index (χ0) is 24.9. The standard InChI is InChI=1S/C25H28F2N2O5/c1-15-21(16(2)29-24(30)34-25(3,4)5)33-22(28-15)18-11-12-19(32-23(26)27)20(13-18)31-14-17-9-7-6-8-10-17/h6-13,16,23H,14H2,1-5H3,(H,29,30)/t16-/m0/s1. The van der Waals surface area contributed by atoms with E-state index >= 15 is 0 Å². The normalized spacial score (nSPS) is 12.4. The molecule has 34 heavy (non-hydrogen) atoms. The highest BCUT2D eigenvalue weighted by Gasteiger charge is 2.23. The molecule has 0 spiro atoms. The number of alkyl halides is 2.